The first-order valence-electron chi connectivity index (χ1n) is 10.1. The molecule has 0 spiro atoms. The summed E-state index contributed by atoms with van der Waals surface area (Å²) in [6.45, 7) is 7.38. The zero-order chi connectivity index (χ0) is 19.1. The maximum Gasteiger partial charge on any atom is 0.137 e. The Hall–Kier alpha value is -1.71. The summed E-state index contributed by atoms with van der Waals surface area (Å²) in [4.78, 5) is 4.87. The maximum atomic E-state index is 6.17. The van der Waals surface area contributed by atoms with E-state index < -0.39 is 0 Å². The van der Waals surface area contributed by atoms with Crippen molar-refractivity contribution in [1.29, 1.82) is 0 Å². The van der Waals surface area contributed by atoms with Gasteiger partial charge in [-0.15, -0.1) is 0 Å². The van der Waals surface area contributed by atoms with Crippen molar-refractivity contribution >= 4 is 17.3 Å². The summed E-state index contributed by atoms with van der Waals surface area (Å²) in [6.07, 6.45) is 3.54. The molecule has 0 aromatic heterocycles. The van der Waals surface area contributed by atoms with Crippen molar-refractivity contribution in [3.8, 4) is 5.75 Å². The van der Waals surface area contributed by atoms with E-state index in [1.807, 2.05) is 24.3 Å². The van der Waals surface area contributed by atoms with Gasteiger partial charge in [-0.05, 0) is 68.1 Å². The Morgan fingerprint density at radius 1 is 1.07 bits per heavy atom. The fraction of sp³-hybridized carbons (Fsp3) is 0.478. The van der Waals surface area contributed by atoms with Crippen LogP contribution in [0.4, 0.5) is 5.69 Å². The van der Waals surface area contributed by atoms with Crippen LogP contribution in [0.3, 0.4) is 0 Å². The Bertz CT molecular complexity index is 696. The standard InChI is InChI=1S/C23H31ClN2O/c1-3-14-25(2)21-10-8-19(9-11-21)17-26-15-12-20(13-16-26)18-27-23-7-5-4-6-22(23)24/h4-11,20H,3,12-18H2,1-2H3. The second-order valence-corrected chi connectivity index (χ2v) is 7.96. The van der Waals surface area contributed by atoms with E-state index in [-0.39, 0.29) is 0 Å². The molecule has 1 fully saturated rings. The molecular weight excluding hydrogens is 356 g/mol. The van der Waals surface area contributed by atoms with Crippen molar-refractivity contribution in [2.24, 2.45) is 5.92 Å². The summed E-state index contributed by atoms with van der Waals surface area (Å²) in [7, 11) is 2.16. The van der Waals surface area contributed by atoms with Gasteiger partial charge in [-0.3, -0.25) is 4.90 Å². The highest BCUT2D eigenvalue weighted by Crippen LogP contribution is 2.26. The lowest BCUT2D eigenvalue weighted by Gasteiger charge is -2.32. The molecule has 4 heteroatoms. The van der Waals surface area contributed by atoms with Crippen LogP contribution >= 0.6 is 11.6 Å². The van der Waals surface area contributed by atoms with Crippen molar-refractivity contribution in [2.45, 2.75) is 32.7 Å². The molecule has 0 amide bonds. The maximum absolute atomic E-state index is 6.17. The zero-order valence-electron chi connectivity index (χ0n) is 16.5. The van der Waals surface area contributed by atoms with E-state index in [0.29, 0.717) is 10.9 Å². The van der Waals surface area contributed by atoms with Gasteiger partial charge in [0.1, 0.15) is 5.75 Å². The minimum absolute atomic E-state index is 0.614. The van der Waals surface area contributed by atoms with Crippen LogP contribution in [0.2, 0.25) is 5.02 Å². The fourth-order valence-electron chi connectivity index (χ4n) is 3.66. The average Bonchev–Trinajstić information content (AvgIpc) is 2.69. The Kier molecular flexibility index (Phi) is 7.42. The van der Waals surface area contributed by atoms with Crippen LogP contribution in [0.5, 0.6) is 5.75 Å². The van der Waals surface area contributed by atoms with Gasteiger partial charge in [0, 0.05) is 25.8 Å². The monoisotopic (exact) mass is 386 g/mol. The van der Waals surface area contributed by atoms with Crippen molar-refractivity contribution in [3.63, 3.8) is 0 Å². The normalized spacial score (nSPS) is 15.7. The summed E-state index contributed by atoms with van der Waals surface area (Å²) in [5, 5.41) is 0.697. The molecule has 0 aliphatic carbocycles. The first-order chi connectivity index (χ1) is 13.2. The van der Waals surface area contributed by atoms with Gasteiger partial charge in [0.15, 0.2) is 0 Å². The molecule has 146 valence electrons. The largest absolute Gasteiger partial charge is 0.492 e. The highest BCUT2D eigenvalue weighted by atomic mass is 35.5. The van der Waals surface area contributed by atoms with Gasteiger partial charge < -0.3 is 9.64 Å². The molecule has 3 rings (SSSR count). The topological polar surface area (TPSA) is 15.7 Å². The number of benzene rings is 2. The Morgan fingerprint density at radius 2 is 1.78 bits per heavy atom. The third-order valence-corrected chi connectivity index (χ3v) is 5.67. The van der Waals surface area contributed by atoms with Gasteiger partial charge in [-0.2, -0.15) is 0 Å². The Morgan fingerprint density at radius 3 is 2.44 bits per heavy atom. The van der Waals surface area contributed by atoms with Crippen LogP contribution in [0.15, 0.2) is 48.5 Å². The predicted octanol–water partition coefficient (Wildman–Crippen LogP) is 5.48. The Balaban J connectivity index is 1.42. The summed E-state index contributed by atoms with van der Waals surface area (Å²) in [5.41, 5.74) is 2.70. The van der Waals surface area contributed by atoms with Crippen LogP contribution < -0.4 is 9.64 Å². The van der Waals surface area contributed by atoms with E-state index in [2.05, 4.69) is 48.0 Å². The van der Waals surface area contributed by atoms with Crippen molar-refractivity contribution in [1.82, 2.24) is 4.90 Å². The summed E-state index contributed by atoms with van der Waals surface area (Å²) in [6, 6.07) is 16.8. The summed E-state index contributed by atoms with van der Waals surface area (Å²) >= 11 is 6.17. The quantitative estimate of drug-likeness (QED) is 0.597. The molecule has 1 aliphatic rings. The molecule has 0 saturated carbocycles. The molecule has 1 saturated heterocycles. The molecule has 0 radical (unpaired) electrons. The second kappa shape index (κ2) is 10.0. The number of hydrogen-bond donors (Lipinski definition) is 0. The zero-order valence-corrected chi connectivity index (χ0v) is 17.3. The van der Waals surface area contributed by atoms with Gasteiger partial charge in [0.2, 0.25) is 0 Å². The second-order valence-electron chi connectivity index (χ2n) is 7.55. The number of halogens is 1. The average molecular weight is 387 g/mol. The molecule has 2 aromatic rings. The lowest BCUT2D eigenvalue weighted by Crippen LogP contribution is -2.35. The number of ether oxygens (including phenoxy) is 1. The van der Waals surface area contributed by atoms with Crippen molar-refractivity contribution < 1.29 is 4.74 Å². The number of hydrogen-bond acceptors (Lipinski definition) is 3. The Labute approximate surface area is 168 Å². The third-order valence-electron chi connectivity index (χ3n) is 5.36. The minimum Gasteiger partial charge on any atom is -0.492 e. The van der Waals surface area contributed by atoms with Crippen molar-refractivity contribution in [3.05, 3.63) is 59.1 Å². The summed E-state index contributed by atoms with van der Waals surface area (Å²) < 4.78 is 5.93. The number of rotatable bonds is 8. The molecule has 2 aromatic carbocycles. The van der Waals surface area contributed by atoms with E-state index in [9.17, 15) is 0 Å². The van der Waals surface area contributed by atoms with E-state index in [4.69, 9.17) is 16.3 Å². The molecule has 0 N–H and O–H groups in total. The third kappa shape index (κ3) is 5.88. The van der Waals surface area contributed by atoms with E-state index >= 15 is 0 Å². The van der Waals surface area contributed by atoms with Crippen LogP contribution in [0.1, 0.15) is 31.7 Å². The lowest BCUT2D eigenvalue weighted by atomic mass is 9.97. The molecule has 0 unspecified atom stereocenters. The van der Waals surface area contributed by atoms with Crippen LogP contribution in [-0.2, 0) is 6.54 Å². The first kappa shape index (κ1) is 20.0. The highest BCUT2D eigenvalue weighted by molar-refractivity contribution is 6.32. The SMILES string of the molecule is CCCN(C)c1ccc(CN2CCC(COc3ccccc3Cl)CC2)cc1. The minimum atomic E-state index is 0.614. The molecular formula is C23H31ClN2O. The van der Waals surface area contributed by atoms with E-state index in [0.717, 1.165) is 38.5 Å². The first-order valence-corrected chi connectivity index (χ1v) is 10.4. The van der Waals surface area contributed by atoms with Gasteiger partial charge >= 0.3 is 0 Å². The summed E-state index contributed by atoms with van der Waals surface area (Å²) in [5.74, 6) is 1.41. The van der Waals surface area contributed by atoms with Crippen LogP contribution in [0.25, 0.3) is 0 Å². The molecule has 0 bridgehead atoms. The van der Waals surface area contributed by atoms with E-state index in [1.54, 1.807) is 0 Å². The number of piperidine rings is 1. The van der Waals surface area contributed by atoms with Crippen LogP contribution in [-0.4, -0.2) is 38.2 Å². The lowest BCUT2D eigenvalue weighted by molar-refractivity contribution is 0.137. The molecule has 3 nitrogen and oxygen atoms in total. The smallest absolute Gasteiger partial charge is 0.137 e. The molecule has 1 heterocycles. The molecule has 27 heavy (non-hydrogen) atoms. The fourth-order valence-corrected chi connectivity index (χ4v) is 3.85. The van der Waals surface area contributed by atoms with Gasteiger partial charge in [-0.1, -0.05) is 42.8 Å². The molecule has 1 aliphatic heterocycles. The number of nitrogens with zero attached hydrogens (tertiary/aromatic N) is 2. The highest BCUT2D eigenvalue weighted by Gasteiger charge is 2.20. The van der Waals surface area contributed by atoms with Gasteiger partial charge in [-0.25, -0.2) is 0 Å². The predicted molar refractivity (Wildman–Crippen MR) is 115 cm³/mol. The number of para-hydroxylation sites is 1. The van der Waals surface area contributed by atoms with Gasteiger partial charge in [0.05, 0.1) is 11.6 Å². The van der Waals surface area contributed by atoms with E-state index in [1.165, 1.54) is 30.5 Å². The number of likely N-dealkylation sites (tertiary alicyclic amines) is 1. The van der Waals surface area contributed by atoms with Crippen LogP contribution in [0, 0.1) is 5.92 Å². The van der Waals surface area contributed by atoms with Crippen molar-refractivity contribution in [2.75, 3.05) is 38.2 Å². The molecule has 0 atom stereocenters. The number of anilines is 1. The van der Waals surface area contributed by atoms with Gasteiger partial charge in [0.25, 0.3) is 0 Å².